The fourth-order valence-electron chi connectivity index (χ4n) is 3.70. The van der Waals surface area contributed by atoms with Gasteiger partial charge in [0.1, 0.15) is 5.75 Å². The molecule has 0 spiro atoms. The van der Waals surface area contributed by atoms with Gasteiger partial charge in [0.2, 0.25) is 0 Å². The number of H-pyrrole nitrogens is 1. The van der Waals surface area contributed by atoms with Crippen LogP contribution in [0, 0.1) is 0 Å². The molecule has 1 aliphatic rings. The molecule has 0 radical (unpaired) electrons. The number of nitrogens with one attached hydrogen (secondary N) is 1. The number of nitrogens with zero attached hydrogens (tertiary/aromatic N) is 2. The highest BCUT2D eigenvalue weighted by molar-refractivity contribution is 7.09. The normalized spacial score (nSPS) is 13.8. The van der Waals surface area contributed by atoms with E-state index in [1.807, 2.05) is 53.6 Å². The van der Waals surface area contributed by atoms with Gasteiger partial charge in [-0.25, -0.2) is 4.79 Å². The molecule has 6 nitrogen and oxygen atoms in total. The van der Waals surface area contributed by atoms with Crippen LogP contribution in [0.1, 0.15) is 30.2 Å². The summed E-state index contributed by atoms with van der Waals surface area (Å²) in [6.07, 6.45) is 2.07. The Morgan fingerprint density at radius 3 is 2.76 bits per heavy atom. The molecule has 2 aromatic heterocycles. The van der Waals surface area contributed by atoms with E-state index in [0.29, 0.717) is 18.7 Å². The lowest BCUT2D eigenvalue weighted by Gasteiger charge is -2.27. The number of likely N-dealkylation sites (tertiary alicyclic amines) is 1. The van der Waals surface area contributed by atoms with Crippen molar-refractivity contribution in [1.29, 1.82) is 0 Å². The topological polar surface area (TPSA) is 65.6 Å². The van der Waals surface area contributed by atoms with Crippen molar-refractivity contribution in [1.82, 2.24) is 14.8 Å². The minimum atomic E-state index is -0.160. The van der Waals surface area contributed by atoms with Crippen molar-refractivity contribution < 1.29 is 9.53 Å². The molecule has 2 amide bonds. The predicted molar refractivity (Wildman–Crippen MR) is 116 cm³/mol. The SMILES string of the molecule is CCOc1ccc2[nH]c(=O)c(CN(Cc3cccs3)C(=O)N3CCCC3)cc2c1. The number of thiophene rings is 1. The minimum Gasteiger partial charge on any atom is -0.494 e. The third-order valence-electron chi connectivity index (χ3n) is 5.14. The van der Waals surface area contributed by atoms with Crippen LogP contribution in [0.5, 0.6) is 5.75 Å². The lowest BCUT2D eigenvalue weighted by Crippen LogP contribution is -2.41. The number of carbonyl (C=O) groups is 1. The zero-order valence-corrected chi connectivity index (χ0v) is 17.3. The number of carbonyl (C=O) groups excluding carboxylic acids is 1. The number of pyridine rings is 1. The maximum Gasteiger partial charge on any atom is 0.320 e. The van der Waals surface area contributed by atoms with Gasteiger partial charge in [-0.2, -0.15) is 0 Å². The number of urea groups is 1. The van der Waals surface area contributed by atoms with Gasteiger partial charge in [0, 0.05) is 34.4 Å². The first-order chi connectivity index (χ1) is 14.1. The standard InChI is InChI=1S/C22H25N3O3S/c1-2-28-18-7-8-20-16(13-18)12-17(21(26)23-20)14-25(15-19-6-5-11-29-19)22(27)24-9-3-4-10-24/h5-8,11-13H,2-4,9-10,14-15H2,1H3,(H,23,26). The lowest BCUT2D eigenvalue weighted by molar-refractivity contribution is 0.157. The molecule has 29 heavy (non-hydrogen) atoms. The molecule has 1 fully saturated rings. The lowest BCUT2D eigenvalue weighted by atomic mass is 10.1. The quantitative estimate of drug-likeness (QED) is 0.661. The number of aromatic amines is 1. The number of rotatable bonds is 6. The van der Waals surface area contributed by atoms with E-state index in [2.05, 4.69) is 4.98 Å². The number of fused-ring (bicyclic) bond motifs is 1. The summed E-state index contributed by atoms with van der Waals surface area (Å²) in [5.41, 5.74) is 1.18. The minimum absolute atomic E-state index is 0.00142. The highest BCUT2D eigenvalue weighted by Gasteiger charge is 2.25. The number of ether oxygens (including phenoxy) is 1. The number of benzene rings is 1. The van der Waals surface area contributed by atoms with E-state index >= 15 is 0 Å². The first-order valence-corrected chi connectivity index (χ1v) is 10.9. The molecule has 3 aromatic rings. The van der Waals surface area contributed by atoms with Gasteiger partial charge in [-0.3, -0.25) is 4.79 Å². The van der Waals surface area contributed by atoms with Crippen LogP contribution in [-0.4, -0.2) is 40.5 Å². The van der Waals surface area contributed by atoms with E-state index in [9.17, 15) is 9.59 Å². The zero-order chi connectivity index (χ0) is 20.2. The van der Waals surface area contributed by atoms with Crippen LogP contribution >= 0.6 is 11.3 Å². The Kier molecular flexibility index (Phi) is 5.85. The Morgan fingerprint density at radius 1 is 1.21 bits per heavy atom. The maximum absolute atomic E-state index is 13.1. The molecule has 152 valence electrons. The van der Waals surface area contributed by atoms with Gasteiger partial charge in [-0.05, 0) is 55.5 Å². The van der Waals surface area contributed by atoms with Crippen molar-refractivity contribution in [3.63, 3.8) is 0 Å². The van der Waals surface area contributed by atoms with Crippen molar-refractivity contribution in [2.45, 2.75) is 32.9 Å². The molecule has 0 aliphatic carbocycles. The van der Waals surface area contributed by atoms with Gasteiger partial charge in [0.25, 0.3) is 5.56 Å². The second-order valence-corrected chi connectivity index (χ2v) is 8.25. The predicted octanol–water partition coefficient (Wildman–Crippen LogP) is 4.21. The summed E-state index contributed by atoms with van der Waals surface area (Å²) in [7, 11) is 0. The van der Waals surface area contributed by atoms with Gasteiger partial charge in [-0.1, -0.05) is 6.07 Å². The van der Waals surface area contributed by atoms with Gasteiger partial charge in [0.05, 0.1) is 19.7 Å². The highest BCUT2D eigenvalue weighted by atomic mass is 32.1. The fourth-order valence-corrected chi connectivity index (χ4v) is 4.42. The highest BCUT2D eigenvalue weighted by Crippen LogP contribution is 2.21. The Balaban J connectivity index is 1.64. The number of aromatic nitrogens is 1. The molecule has 4 rings (SSSR count). The molecule has 1 aromatic carbocycles. The monoisotopic (exact) mass is 411 g/mol. The second kappa shape index (κ2) is 8.69. The largest absolute Gasteiger partial charge is 0.494 e. The Hall–Kier alpha value is -2.80. The van der Waals surface area contributed by atoms with Crippen molar-refractivity contribution in [3.05, 3.63) is 62.6 Å². The Labute approximate surface area is 173 Å². The number of amides is 2. The molecular weight excluding hydrogens is 386 g/mol. The van der Waals surface area contributed by atoms with Crippen LogP contribution in [0.4, 0.5) is 4.79 Å². The van der Waals surface area contributed by atoms with Crippen LogP contribution in [0.3, 0.4) is 0 Å². The van der Waals surface area contributed by atoms with Crippen LogP contribution in [0.25, 0.3) is 10.9 Å². The number of hydrogen-bond acceptors (Lipinski definition) is 4. The molecule has 0 saturated carbocycles. The maximum atomic E-state index is 13.1. The van der Waals surface area contributed by atoms with Crippen LogP contribution in [0.2, 0.25) is 0 Å². The van der Waals surface area contributed by atoms with Crippen LogP contribution < -0.4 is 10.3 Å². The van der Waals surface area contributed by atoms with E-state index in [1.165, 1.54) is 0 Å². The summed E-state index contributed by atoms with van der Waals surface area (Å²) in [5.74, 6) is 0.765. The molecule has 1 saturated heterocycles. The molecule has 1 aliphatic heterocycles. The third kappa shape index (κ3) is 4.45. The average Bonchev–Trinajstić information content (AvgIpc) is 3.42. The Bertz CT molecular complexity index is 1040. The van der Waals surface area contributed by atoms with Crippen molar-refractivity contribution >= 4 is 28.3 Å². The summed E-state index contributed by atoms with van der Waals surface area (Å²) < 4.78 is 5.58. The van der Waals surface area contributed by atoms with Crippen molar-refractivity contribution in [2.75, 3.05) is 19.7 Å². The average molecular weight is 412 g/mol. The Morgan fingerprint density at radius 2 is 2.03 bits per heavy atom. The van der Waals surface area contributed by atoms with Crippen LogP contribution in [-0.2, 0) is 13.1 Å². The molecular formula is C22H25N3O3S. The van der Waals surface area contributed by atoms with Crippen molar-refractivity contribution in [3.8, 4) is 5.75 Å². The van der Waals surface area contributed by atoms with E-state index in [0.717, 1.165) is 47.5 Å². The molecule has 7 heteroatoms. The van der Waals surface area contributed by atoms with E-state index in [1.54, 1.807) is 16.2 Å². The molecule has 0 bridgehead atoms. The molecule has 3 heterocycles. The first kappa shape index (κ1) is 19.5. The molecule has 1 N–H and O–H groups in total. The number of hydrogen-bond donors (Lipinski definition) is 1. The summed E-state index contributed by atoms with van der Waals surface area (Å²) in [6, 6.07) is 11.5. The van der Waals surface area contributed by atoms with Crippen molar-refractivity contribution in [2.24, 2.45) is 0 Å². The third-order valence-corrected chi connectivity index (χ3v) is 6.00. The fraction of sp³-hybridized carbons (Fsp3) is 0.364. The van der Waals surface area contributed by atoms with E-state index in [4.69, 9.17) is 4.74 Å². The van der Waals surface area contributed by atoms with Gasteiger partial charge >= 0.3 is 6.03 Å². The first-order valence-electron chi connectivity index (χ1n) is 9.99. The van der Waals surface area contributed by atoms with Crippen LogP contribution in [0.15, 0.2) is 46.6 Å². The smallest absolute Gasteiger partial charge is 0.320 e. The van der Waals surface area contributed by atoms with E-state index < -0.39 is 0 Å². The van der Waals surface area contributed by atoms with Gasteiger partial charge in [-0.15, -0.1) is 11.3 Å². The molecule has 0 unspecified atom stereocenters. The van der Waals surface area contributed by atoms with Gasteiger partial charge < -0.3 is 19.5 Å². The zero-order valence-electron chi connectivity index (χ0n) is 16.5. The van der Waals surface area contributed by atoms with Gasteiger partial charge in [0.15, 0.2) is 0 Å². The van der Waals surface area contributed by atoms with E-state index in [-0.39, 0.29) is 18.1 Å². The summed E-state index contributed by atoms with van der Waals surface area (Å²) in [6.45, 7) is 4.87. The molecule has 0 atom stereocenters. The summed E-state index contributed by atoms with van der Waals surface area (Å²) >= 11 is 1.62. The second-order valence-electron chi connectivity index (χ2n) is 7.22. The summed E-state index contributed by atoms with van der Waals surface area (Å²) in [5, 5.41) is 2.90. The summed E-state index contributed by atoms with van der Waals surface area (Å²) in [4.78, 5) is 33.5.